The van der Waals surface area contributed by atoms with Crippen LogP contribution in [0.4, 0.5) is 0 Å². The van der Waals surface area contributed by atoms with Crippen molar-refractivity contribution in [1.29, 1.82) is 0 Å². The molecule has 0 unspecified atom stereocenters. The van der Waals surface area contributed by atoms with Crippen molar-refractivity contribution >= 4 is 29.9 Å². The summed E-state index contributed by atoms with van der Waals surface area (Å²) in [5.74, 6) is 4.43. The number of aryl methyl sites for hydroxylation is 2. The number of guanidine groups is 1. The van der Waals surface area contributed by atoms with Gasteiger partial charge in [-0.15, -0.1) is 34.2 Å². The maximum Gasteiger partial charge on any atom is 0.191 e. The second-order valence-electron chi connectivity index (χ2n) is 7.02. The van der Waals surface area contributed by atoms with Gasteiger partial charge in [-0.1, -0.05) is 6.07 Å². The summed E-state index contributed by atoms with van der Waals surface area (Å²) in [5, 5.41) is 15.3. The first-order chi connectivity index (χ1) is 14.2. The van der Waals surface area contributed by atoms with Gasteiger partial charge in [0.05, 0.1) is 20.3 Å². The summed E-state index contributed by atoms with van der Waals surface area (Å²) in [7, 11) is 3.45. The topological polar surface area (TPSA) is 85.6 Å². The van der Waals surface area contributed by atoms with Gasteiger partial charge in [-0.25, -0.2) is 0 Å². The summed E-state index contributed by atoms with van der Waals surface area (Å²) in [6.45, 7) is 5.07. The molecule has 2 aromatic rings. The number of hydrogen-bond acceptors (Lipinski definition) is 5. The largest absolute Gasteiger partial charge is 0.493 e. The average molecular weight is 528 g/mol. The van der Waals surface area contributed by atoms with E-state index in [1.807, 2.05) is 13.0 Å². The highest BCUT2D eigenvalue weighted by molar-refractivity contribution is 14.0. The van der Waals surface area contributed by atoms with Crippen molar-refractivity contribution in [3.63, 3.8) is 0 Å². The van der Waals surface area contributed by atoms with Crippen LogP contribution in [0.5, 0.6) is 11.5 Å². The average Bonchev–Trinajstić information content (AvgIpc) is 3.17. The number of ether oxygens (including phenoxy) is 2. The molecule has 0 saturated carbocycles. The molecule has 2 N–H and O–H groups in total. The Morgan fingerprint density at radius 2 is 2.07 bits per heavy atom. The van der Waals surface area contributed by atoms with Gasteiger partial charge in [0, 0.05) is 26.6 Å². The van der Waals surface area contributed by atoms with E-state index >= 15 is 0 Å². The minimum Gasteiger partial charge on any atom is -0.493 e. The minimum atomic E-state index is 0. The molecule has 1 aromatic carbocycles. The maximum atomic E-state index is 5.65. The molecule has 0 saturated heterocycles. The Labute approximate surface area is 195 Å². The highest BCUT2D eigenvalue weighted by Crippen LogP contribution is 2.28. The van der Waals surface area contributed by atoms with Gasteiger partial charge in [0.2, 0.25) is 0 Å². The maximum absolute atomic E-state index is 5.65. The molecule has 0 radical (unpaired) electrons. The van der Waals surface area contributed by atoms with Gasteiger partial charge in [-0.05, 0) is 50.3 Å². The van der Waals surface area contributed by atoms with Crippen LogP contribution in [-0.4, -0.2) is 48.0 Å². The van der Waals surface area contributed by atoms with Gasteiger partial charge >= 0.3 is 0 Å². The number of rotatable bonds is 9. The van der Waals surface area contributed by atoms with Gasteiger partial charge in [0.1, 0.15) is 5.82 Å². The first kappa shape index (κ1) is 24.2. The Kier molecular flexibility index (Phi) is 10.2. The third-order valence-electron chi connectivity index (χ3n) is 5.04. The van der Waals surface area contributed by atoms with E-state index in [-0.39, 0.29) is 24.0 Å². The lowest BCUT2D eigenvalue weighted by Gasteiger charge is -2.16. The van der Waals surface area contributed by atoms with Gasteiger partial charge in [-0.2, -0.15) is 0 Å². The monoisotopic (exact) mass is 528 g/mol. The number of aliphatic imine (C=N–C) groups is 1. The van der Waals surface area contributed by atoms with E-state index in [4.69, 9.17) is 9.47 Å². The van der Waals surface area contributed by atoms with E-state index in [0.717, 1.165) is 61.5 Å². The summed E-state index contributed by atoms with van der Waals surface area (Å²) in [6, 6.07) is 6.11. The Morgan fingerprint density at radius 3 is 2.83 bits per heavy atom. The van der Waals surface area contributed by atoms with E-state index in [1.165, 1.54) is 18.4 Å². The quantitative estimate of drug-likeness (QED) is 0.225. The van der Waals surface area contributed by atoms with Gasteiger partial charge in [-0.3, -0.25) is 4.99 Å². The number of aromatic nitrogens is 3. The number of hydrogen-bond donors (Lipinski definition) is 2. The summed E-state index contributed by atoms with van der Waals surface area (Å²) in [6.07, 6.45) is 5.36. The van der Waals surface area contributed by atoms with E-state index in [1.54, 1.807) is 14.2 Å². The SMILES string of the molecule is CCOc1cc(CCCNC(=NC)NCc2nnc3n2CCCC3)ccc1OC.I. The zero-order chi connectivity index (χ0) is 20.5. The van der Waals surface area contributed by atoms with Gasteiger partial charge in [0.15, 0.2) is 23.3 Å². The van der Waals surface area contributed by atoms with Crippen molar-refractivity contribution in [2.45, 2.75) is 52.1 Å². The summed E-state index contributed by atoms with van der Waals surface area (Å²) < 4.78 is 13.2. The molecule has 1 aliphatic heterocycles. The second-order valence-corrected chi connectivity index (χ2v) is 7.02. The van der Waals surface area contributed by atoms with Crippen LogP contribution in [0, 0.1) is 0 Å². The van der Waals surface area contributed by atoms with Crippen LogP contribution in [-0.2, 0) is 25.9 Å². The number of nitrogens with one attached hydrogen (secondary N) is 2. The molecule has 0 aliphatic carbocycles. The smallest absolute Gasteiger partial charge is 0.191 e. The van der Waals surface area contributed by atoms with Crippen molar-refractivity contribution in [1.82, 2.24) is 25.4 Å². The molecule has 0 atom stereocenters. The van der Waals surface area contributed by atoms with Crippen LogP contribution in [0.1, 0.15) is 43.4 Å². The molecule has 1 aromatic heterocycles. The van der Waals surface area contributed by atoms with Crippen molar-refractivity contribution < 1.29 is 9.47 Å². The van der Waals surface area contributed by atoms with E-state index in [2.05, 4.69) is 42.5 Å². The molecule has 1 aliphatic rings. The normalized spacial score (nSPS) is 13.2. The van der Waals surface area contributed by atoms with Crippen LogP contribution in [0.25, 0.3) is 0 Å². The first-order valence-corrected chi connectivity index (χ1v) is 10.4. The molecule has 8 nitrogen and oxygen atoms in total. The molecule has 30 heavy (non-hydrogen) atoms. The van der Waals surface area contributed by atoms with Crippen LogP contribution in [0.3, 0.4) is 0 Å². The lowest BCUT2D eigenvalue weighted by Crippen LogP contribution is -2.38. The number of benzene rings is 1. The van der Waals surface area contributed by atoms with Gasteiger partial charge < -0.3 is 24.7 Å². The molecule has 0 bridgehead atoms. The fourth-order valence-electron chi connectivity index (χ4n) is 3.53. The zero-order valence-electron chi connectivity index (χ0n) is 18.1. The Bertz CT molecular complexity index is 824. The second kappa shape index (κ2) is 12.6. The first-order valence-electron chi connectivity index (χ1n) is 10.4. The van der Waals surface area contributed by atoms with Crippen molar-refractivity contribution in [2.75, 3.05) is 27.3 Å². The van der Waals surface area contributed by atoms with Crippen LogP contribution in [0.15, 0.2) is 23.2 Å². The van der Waals surface area contributed by atoms with Crippen molar-refractivity contribution in [3.8, 4) is 11.5 Å². The highest BCUT2D eigenvalue weighted by atomic mass is 127. The molecular formula is C21H33IN6O2. The molecule has 9 heteroatoms. The molecule has 0 amide bonds. The number of fused-ring (bicyclic) bond motifs is 1. The lowest BCUT2D eigenvalue weighted by molar-refractivity contribution is 0.310. The summed E-state index contributed by atoms with van der Waals surface area (Å²) in [4.78, 5) is 4.31. The number of nitrogens with zero attached hydrogens (tertiary/aromatic N) is 4. The van der Waals surface area contributed by atoms with E-state index < -0.39 is 0 Å². The summed E-state index contributed by atoms with van der Waals surface area (Å²) >= 11 is 0. The zero-order valence-corrected chi connectivity index (χ0v) is 20.4. The van der Waals surface area contributed by atoms with Crippen molar-refractivity contribution in [3.05, 3.63) is 35.4 Å². The Balaban J connectivity index is 0.00000320. The fraction of sp³-hybridized carbons (Fsp3) is 0.571. The third-order valence-corrected chi connectivity index (χ3v) is 5.04. The lowest BCUT2D eigenvalue weighted by atomic mass is 10.1. The molecule has 166 valence electrons. The predicted octanol–water partition coefficient (Wildman–Crippen LogP) is 2.94. The molecule has 3 rings (SSSR count). The Morgan fingerprint density at radius 1 is 1.20 bits per heavy atom. The molecule has 2 heterocycles. The van der Waals surface area contributed by atoms with E-state index in [9.17, 15) is 0 Å². The molecule has 0 fully saturated rings. The third kappa shape index (κ3) is 6.48. The summed E-state index contributed by atoms with van der Waals surface area (Å²) in [5.41, 5.74) is 1.23. The van der Waals surface area contributed by atoms with Crippen LogP contribution in [0.2, 0.25) is 0 Å². The Hall–Kier alpha value is -2.04. The molecule has 0 spiro atoms. The number of methoxy groups -OCH3 is 1. The molecular weight excluding hydrogens is 495 g/mol. The number of halogens is 1. The van der Waals surface area contributed by atoms with Crippen LogP contribution >= 0.6 is 24.0 Å². The van der Waals surface area contributed by atoms with E-state index in [0.29, 0.717) is 13.2 Å². The standard InChI is InChI=1S/C21H32N6O2.HI/c1-4-29-18-14-16(10-11-17(18)28-3)8-7-12-23-21(22-2)24-15-20-26-25-19-9-5-6-13-27(19)20;/h10-11,14H,4-9,12-13,15H2,1-3H3,(H2,22,23,24);1H. The minimum absolute atomic E-state index is 0. The van der Waals surface area contributed by atoms with Crippen molar-refractivity contribution in [2.24, 2.45) is 4.99 Å². The van der Waals surface area contributed by atoms with Crippen LogP contribution < -0.4 is 20.1 Å². The highest BCUT2D eigenvalue weighted by Gasteiger charge is 2.15. The van der Waals surface area contributed by atoms with Gasteiger partial charge in [0.25, 0.3) is 0 Å². The predicted molar refractivity (Wildman–Crippen MR) is 129 cm³/mol. The fourth-order valence-corrected chi connectivity index (χ4v) is 3.53.